The fraction of sp³-hybridized carbons (Fsp3) is 0.292. The van der Waals surface area contributed by atoms with E-state index in [4.69, 9.17) is 0 Å². The van der Waals surface area contributed by atoms with Gasteiger partial charge in [0.2, 0.25) is 0 Å². The largest absolute Gasteiger partial charge is 0.354 e. The molecular formula is C24H26N4O. The van der Waals surface area contributed by atoms with Gasteiger partial charge in [0.1, 0.15) is 0 Å². The number of aromatic nitrogens is 2. The second-order valence-electron chi connectivity index (χ2n) is 8.10. The van der Waals surface area contributed by atoms with Crippen LogP contribution in [-0.2, 0) is 6.54 Å². The number of benzene rings is 2. The molecule has 2 aromatic carbocycles. The van der Waals surface area contributed by atoms with E-state index in [1.54, 1.807) is 0 Å². The third-order valence-corrected chi connectivity index (χ3v) is 6.09. The van der Waals surface area contributed by atoms with E-state index in [1.165, 1.54) is 18.4 Å². The number of nitrogens with one attached hydrogen (secondary N) is 3. The first-order valence-corrected chi connectivity index (χ1v) is 10.3. The summed E-state index contributed by atoms with van der Waals surface area (Å²) in [5.41, 5.74) is 4.68. The molecule has 1 aliphatic rings. The first-order valence-electron chi connectivity index (χ1n) is 10.3. The van der Waals surface area contributed by atoms with Crippen molar-refractivity contribution < 1.29 is 0 Å². The Kier molecular flexibility index (Phi) is 4.70. The number of para-hydroxylation sites is 1. The third kappa shape index (κ3) is 3.59. The lowest BCUT2D eigenvalue weighted by Gasteiger charge is -2.31. The molecule has 1 saturated heterocycles. The predicted molar refractivity (Wildman–Crippen MR) is 119 cm³/mol. The Bertz CT molecular complexity index is 1220. The minimum absolute atomic E-state index is 0.0684. The minimum Gasteiger partial charge on any atom is -0.354 e. The molecule has 29 heavy (non-hydrogen) atoms. The summed E-state index contributed by atoms with van der Waals surface area (Å²) in [7, 11) is 2.22. The van der Waals surface area contributed by atoms with Gasteiger partial charge < -0.3 is 15.3 Å². The summed E-state index contributed by atoms with van der Waals surface area (Å²) in [4.78, 5) is 21.5. The summed E-state index contributed by atoms with van der Waals surface area (Å²) in [5.74, 6) is 0. The van der Waals surface area contributed by atoms with Crippen molar-refractivity contribution in [3.8, 4) is 11.3 Å². The van der Waals surface area contributed by atoms with Crippen molar-refractivity contribution >= 4 is 21.8 Å². The van der Waals surface area contributed by atoms with Crippen molar-refractivity contribution in [2.75, 3.05) is 20.1 Å². The third-order valence-electron chi connectivity index (χ3n) is 6.09. The zero-order valence-corrected chi connectivity index (χ0v) is 16.7. The van der Waals surface area contributed by atoms with E-state index >= 15 is 0 Å². The van der Waals surface area contributed by atoms with Crippen LogP contribution in [0.3, 0.4) is 0 Å². The van der Waals surface area contributed by atoms with Crippen molar-refractivity contribution in [1.82, 2.24) is 20.2 Å². The molecule has 0 unspecified atom stereocenters. The van der Waals surface area contributed by atoms with E-state index in [-0.39, 0.29) is 5.56 Å². The smallest absolute Gasteiger partial charge is 0.257 e. The number of fused-ring (bicyclic) bond motifs is 2. The first kappa shape index (κ1) is 18.2. The summed E-state index contributed by atoms with van der Waals surface area (Å²) in [5, 5.41) is 5.61. The summed E-state index contributed by atoms with van der Waals surface area (Å²) in [6, 6.07) is 19.1. The molecule has 0 saturated carbocycles. The molecule has 0 aliphatic carbocycles. The van der Waals surface area contributed by atoms with Crippen LogP contribution in [0, 0.1) is 0 Å². The molecule has 5 nitrogen and oxygen atoms in total. The van der Waals surface area contributed by atoms with Crippen molar-refractivity contribution in [3.63, 3.8) is 0 Å². The van der Waals surface area contributed by atoms with Crippen LogP contribution in [0.25, 0.3) is 33.1 Å². The van der Waals surface area contributed by atoms with Gasteiger partial charge in [-0.1, -0.05) is 24.3 Å². The zero-order valence-electron chi connectivity index (χ0n) is 16.7. The average molecular weight is 386 g/mol. The van der Waals surface area contributed by atoms with Gasteiger partial charge in [0.25, 0.3) is 5.56 Å². The molecule has 0 amide bonds. The van der Waals surface area contributed by atoms with E-state index in [2.05, 4.69) is 51.5 Å². The summed E-state index contributed by atoms with van der Waals surface area (Å²) >= 11 is 0. The first-order chi connectivity index (χ1) is 14.2. The van der Waals surface area contributed by atoms with Crippen molar-refractivity contribution in [3.05, 3.63) is 70.5 Å². The Hall–Kier alpha value is -2.89. The molecule has 0 radical (unpaired) electrons. The quantitative estimate of drug-likeness (QED) is 0.499. The summed E-state index contributed by atoms with van der Waals surface area (Å²) in [6.07, 6.45) is 2.41. The Morgan fingerprint density at radius 2 is 1.72 bits per heavy atom. The molecule has 3 N–H and O–H groups in total. The van der Waals surface area contributed by atoms with Gasteiger partial charge in [-0.3, -0.25) is 9.69 Å². The molecule has 0 atom stereocenters. The fourth-order valence-corrected chi connectivity index (χ4v) is 4.44. The van der Waals surface area contributed by atoms with Gasteiger partial charge in [-0.25, -0.2) is 0 Å². The number of hydrogen-bond donors (Lipinski definition) is 3. The molecule has 1 fully saturated rings. The minimum atomic E-state index is -0.0684. The van der Waals surface area contributed by atoms with Gasteiger partial charge in [0.05, 0.1) is 11.3 Å². The molecule has 3 heterocycles. The normalized spacial score (nSPS) is 15.5. The van der Waals surface area contributed by atoms with E-state index in [0.717, 1.165) is 47.1 Å². The lowest BCUT2D eigenvalue weighted by molar-refractivity contribution is 0.192. The molecule has 2 aromatic heterocycles. The molecule has 0 spiro atoms. The van der Waals surface area contributed by atoms with Crippen molar-refractivity contribution in [2.24, 2.45) is 0 Å². The number of aromatic amines is 2. The lowest BCUT2D eigenvalue weighted by atomic mass is 10.0. The van der Waals surface area contributed by atoms with Crippen LogP contribution >= 0.6 is 0 Å². The number of piperidine rings is 1. The van der Waals surface area contributed by atoms with Crippen molar-refractivity contribution in [2.45, 2.75) is 25.4 Å². The average Bonchev–Trinajstić information content (AvgIpc) is 3.17. The van der Waals surface area contributed by atoms with E-state index in [9.17, 15) is 4.79 Å². The molecule has 148 valence electrons. The van der Waals surface area contributed by atoms with Gasteiger partial charge >= 0.3 is 0 Å². The maximum atomic E-state index is 12.6. The molecule has 0 bridgehead atoms. The second-order valence-corrected chi connectivity index (χ2v) is 8.10. The van der Waals surface area contributed by atoms with E-state index in [0.29, 0.717) is 11.6 Å². The Morgan fingerprint density at radius 1 is 0.931 bits per heavy atom. The van der Waals surface area contributed by atoms with Crippen LogP contribution in [0.1, 0.15) is 18.4 Å². The van der Waals surface area contributed by atoms with Gasteiger partial charge in [-0.2, -0.15) is 0 Å². The van der Waals surface area contributed by atoms with Crippen LogP contribution < -0.4 is 10.9 Å². The topological polar surface area (TPSA) is 63.9 Å². The number of H-pyrrole nitrogens is 2. The Morgan fingerprint density at radius 3 is 2.59 bits per heavy atom. The standard InChI is InChI=1S/C24H26N4O/c1-28(19-8-10-25-11-9-19)15-16-6-7-22-18(12-16)14-23(26-22)20-13-17-4-2-3-5-21(17)27-24(20)29/h2-7,12-14,19,25-26H,8-11,15H2,1H3,(H,27,29). The number of rotatable bonds is 4. The van der Waals surface area contributed by atoms with Gasteiger partial charge in [-0.15, -0.1) is 0 Å². The van der Waals surface area contributed by atoms with E-state index < -0.39 is 0 Å². The van der Waals surface area contributed by atoms with Gasteiger partial charge in [0, 0.05) is 29.0 Å². The van der Waals surface area contributed by atoms with Gasteiger partial charge in [0.15, 0.2) is 0 Å². The Labute approximate surface area is 169 Å². The summed E-state index contributed by atoms with van der Waals surface area (Å²) in [6.45, 7) is 3.16. The number of pyridine rings is 1. The second kappa shape index (κ2) is 7.50. The van der Waals surface area contributed by atoms with Crippen LogP contribution in [0.2, 0.25) is 0 Å². The molecule has 4 aromatic rings. The van der Waals surface area contributed by atoms with Crippen molar-refractivity contribution in [1.29, 1.82) is 0 Å². The van der Waals surface area contributed by atoms with Crippen LogP contribution in [-0.4, -0.2) is 41.0 Å². The lowest BCUT2D eigenvalue weighted by Crippen LogP contribution is -2.40. The zero-order chi connectivity index (χ0) is 19.8. The highest BCUT2D eigenvalue weighted by atomic mass is 16.1. The molecule has 5 heteroatoms. The monoisotopic (exact) mass is 386 g/mol. The maximum absolute atomic E-state index is 12.6. The number of nitrogens with zero attached hydrogens (tertiary/aromatic N) is 1. The molecule has 1 aliphatic heterocycles. The molecular weight excluding hydrogens is 360 g/mol. The Balaban J connectivity index is 1.45. The SMILES string of the molecule is CN(Cc1ccc2[nH]c(-c3cc4ccccc4[nH]c3=O)cc2c1)C1CCNCC1. The highest BCUT2D eigenvalue weighted by molar-refractivity contribution is 5.89. The van der Waals surface area contributed by atoms with Gasteiger partial charge in [-0.05, 0) is 74.3 Å². The van der Waals surface area contributed by atoms with Crippen LogP contribution in [0.4, 0.5) is 0 Å². The number of hydrogen-bond acceptors (Lipinski definition) is 3. The van der Waals surface area contributed by atoms with E-state index in [1.807, 2.05) is 30.3 Å². The highest BCUT2D eigenvalue weighted by Crippen LogP contribution is 2.25. The fourth-order valence-electron chi connectivity index (χ4n) is 4.44. The highest BCUT2D eigenvalue weighted by Gasteiger charge is 2.18. The maximum Gasteiger partial charge on any atom is 0.257 e. The summed E-state index contributed by atoms with van der Waals surface area (Å²) < 4.78 is 0. The molecule has 5 rings (SSSR count). The van der Waals surface area contributed by atoms with Crippen LogP contribution in [0.15, 0.2) is 59.4 Å². The predicted octanol–water partition coefficient (Wildman–Crippen LogP) is 3.86. The van der Waals surface area contributed by atoms with Crippen LogP contribution in [0.5, 0.6) is 0 Å².